The van der Waals surface area contributed by atoms with Gasteiger partial charge in [-0.05, 0) is 31.4 Å². The number of aliphatic hydroxyl groups is 1. The Morgan fingerprint density at radius 3 is 2.87 bits per heavy atom. The number of hydrogen-bond acceptors (Lipinski definition) is 3. The number of rotatable bonds is 5. The van der Waals surface area contributed by atoms with Crippen LogP contribution in [0.2, 0.25) is 0 Å². The zero-order valence-electron chi connectivity index (χ0n) is 14.0. The molecular formula is C19H25N3O. The average molecular weight is 311 g/mol. The molecule has 0 amide bonds. The molecule has 2 heterocycles. The summed E-state index contributed by atoms with van der Waals surface area (Å²) in [6.45, 7) is 11.0. The van der Waals surface area contributed by atoms with Gasteiger partial charge in [0.05, 0.1) is 12.2 Å². The van der Waals surface area contributed by atoms with Crippen molar-refractivity contribution in [3.8, 4) is 0 Å². The van der Waals surface area contributed by atoms with E-state index in [9.17, 15) is 5.11 Å². The fourth-order valence-corrected chi connectivity index (χ4v) is 3.50. The highest BCUT2D eigenvalue weighted by Crippen LogP contribution is 2.34. The summed E-state index contributed by atoms with van der Waals surface area (Å²) < 4.78 is 1.92. The third-order valence-electron chi connectivity index (χ3n) is 4.73. The van der Waals surface area contributed by atoms with Crippen molar-refractivity contribution in [2.45, 2.75) is 39.0 Å². The first kappa shape index (κ1) is 16.0. The molecule has 1 atom stereocenters. The minimum absolute atomic E-state index is 0.671. The maximum absolute atomic E-state index is 11.1. The Bertz CT molecular complexity index is 706. The van der Waals surface area contributed by atoms with E-state index in [1.807, 2.05) is 35.9 Å². The molecule has 2 aromatic rings. The standard InChI is InChI=1S/C19H25N3O/c1-4-10-22-13-17(16(3)20-22)12-21-11-9-19(23,14-21)18-8-6-5-7-15(18)2/h4-8,13,23H,1,9-12,14H2,2-3H3. The van der Waals surface area contributed by atoms with Crippen molar-refractivity contribution in [2.75, 3.05) is 13.1 Å². The predicted octanol–water partition coefficient (Wildman–Crippen LogP) is 2.78. The summed E-state index contributed by atoms with van der Waals surface area (Å²) in [5.41, 5.74) is 3.75. The maximum atomic E-state index is 11.1. The first-order valence-corrected chi connectivity index (χ1v) is 8.16. The number of aromatic nitrogens is 2. The summed E-state index contributed by atoms with van der Waals surface area (Å²) in [6.07, 6.45) is 4.71. The average Bonchev–Trinajstić information content (AvgIpc) is 3.05. The van der Waals surface area contributed by atoms with Crippen LogP contribution >= 0.6 is 0 Å². The molecule has 4 nitrogen and oxygen atoms in total. The summed E-state index contributed by atoms with van der Waals surface area (Å²) in [6, 6.07) is 8.14. The molecule has 1 aliphatic rings. The predicted molar refractivity (Wildman–Crippen MR) is 92.1 cm³/mol. The quantitative estimate of drug-likeness (QED) is 0.863. The van der Waals surface area contributed by atoms with Gasteiger partial charge in [0.15, 0.2) is 0 Å². The van der Waals surface area contributed by atoms with Gasteiger partial charge in [-0.3, -0.25) is 9.58 Å². The Labute approximate surface area is 138 Å². The van der Waals surface area contributed by atoms with E-state index in [4.69, 9.17) is 0 Å². The SMILES string of the molecule is C=CCn1cc(CN2CCC(O)(c3ccccc3C)C2)c(C)n1. The lowest BCUT2D eigenvalue weighted by atomic mass is 9.89. The molecule has 23 heavy (non-hydrogen) atoms. The zero-order chi connectivity index (χ0) is 16.4. The molecule has 0 saturated carbocycles. The van der Waals surface area contributed by atoms with Gasteiger partial charge in [0.25, 0.3) is 0 Å². The Morgan fingerprint density at radius 1 is 1.35 bits per heavy atom. The van der Waals surface area contributed by atoms with Crippen LogP contribution < -0.4 is 0 Å². The molecule has 1 aromatic carbocycles. The number of hydrogen-bond donors (Lipinski definition) is 1. The first-order valence-electron chi connectivity index (χ1n) is 8.16. The zero-order valence-corrected chi connectivity index (χ0v) is 14.0. The van der Waals surface area contributed by atoms with Crippen molar-refractivity contribution in [3.05, 3.63) is 65.5 Å². The van der Waals surface area contributed by atoms with Gasteiger partial charge in [-0.15, -0.1) is 6.58 Å². The minimum atomic E-state index is -0.740. The molecule has 0 aliphatic carbocycles. The number of likely N-dealkylation sites (tertiary alicyclic amines) is 1. The third-order valence-corrected chi connectivity index (χ3v) is 4.73. The molecule has 0 radical (unpaired) electrons. The van der Waals surface area contributed by atoms with Crippen molar-refractivity contribution < 1.29 is 5.11 Å². The molecule has 1 aliphatic heterocycles. The molecule has 3 rings (SSSR count). The maximum Gasteiger partial charge on any atom is 0.104 e. The normalized spacial score (nSPS) is 21.7. The highest BCUT2D eigenvalue weighted by molar-refractivity contribution is 5.32. The van der Waals surface area contributed by atoms with Crippen molar-refractivity contribution >= 4 is 0 Å². The lowest BCUT2D eigenvalue weighted by molar-refractivity contribution is 0.0446. The van der Waals surface area contributed by atoms with E-state index in [1.165, 1.54) is 5.56 Å². The van der Waals surface area contributed by atoms with Crippen LogP contribution in [0.4, 0.5) is 0 Å². The van der Waals surface area contributed by atoms with Crippen molar-refractivity contribution in [1.82, 2.24) is 14.7 Å². The van der Waals surface area contributed by atoms with Gasteiger partial charge in [0, 0.05) is 31.4 Å². The Kier molecular flexibility index (Phi) is 4.37. The number of aryl methyl sites for hydroxylation is 2. The Morgan fingerprint density at radius 2 is 2.13 bits per heavy atom. The second kappa shape index (κ2) is 6.30. The summed E-state index contributed by atoms with van der Waals surface area (Å²) >= 11 is 0. The molecule has 4 heteroatoms. The molecule has 1 saturated heterocycles. The topological polar surface area (TPSA) is 41.3 Å². The number of benzene rings is 1. The van der Waals surface area contributed by atoms with Gasteiger partial charge in [0.2, 0.25) is 0 Å². The largest absolute Gasteiger partial charge is 0.384 e. The lowest BCUT2D eigenvalue weighted by Crippen LogP contribution is -2.31. The molecule has 1 N–H and O–H groups in total. The van der Waals surface area contributed by atoms with E-state index in [2.05, 4.69) is 35.8 Å². The van der Waals surface area contributed by atoms with Crippen LogP contribution in [0.25, 0.3) is 0 Å². The molecule has 0 bridgehead atoms. The third kappa shape index (κ3) is 3.23. The van der Waals surface area contributed by atoms with E-state index >= 15 is 0 Å². The summed E-state index contributed by atoms with van der Waals surface area (Å²) in [7, 11) is 0. The van der Waals surface area contributed by atoms with Crippen LogP contribution in [0.15, 0.2) is 43.1 Å². The minimum Gasteiger partial charge on any atom is -0.384 e. The van der Waals surface area contributed by atoms with Crippen LogP contribution in [0, 0.1) is 13.8 Å². The number of nitrogens with zero attached hydrogens (tertiary/aromatic N) is 3. The number of allylic oxidation sites excluding steroid dienone is 1. The highest BCUT2D eigenvalue weighted by atomic mass is 16.3. The number of β-amino-alcohol motifs (C(OH)–C–C–N with tert-alkyl or cyclic N) is 1. The molecule has 122 valence electrons. The van der Waals surface area contributed by atoms with Crippen LogP contribution in [0.5, 0.6) is 0 Å². The highest BCUT2D eigenvalue weighted by Gasteiger charge is 2.38. The Hall–Kier alpha value is -1.91. The Balaban J connectivity index is 1.73. The van der Waals surface area contributed by atoms with E-state index in [1.54, 1.807) is 0 Å². The van der Waals surface area contributed by atoms with Crippen molar-refractivity contribution in [3.63, 3.8) is 0 Å². The molecule has 1 fully saturated rings. The lowest BCUT2D eigenvalue weighted by Gasteiger charge is -2.25. The van der Waals surface area contributed by atoms with Gasteiger partial charge in [-0.2, -0.15) is 5.10 Å². The molecule has 0 spiro atoms. The van der Waals surface area contributed by atoms with Gasteiger partial charge in [-0.1, -0.05) is 30.3 Å². The molecular weight excluding hydrogens is 286 g/mol. The summed E-state index contributed by atoms with van der Waals surface area (Å²) in [5, 5.41) is 15.6. The molecule has 1 unspecified atom stereocenters. The summed E-state index contributed by atoms with van der Waals surface area (Å²) in [4.78, 5) is 2.31. The fourth-order valence-electron chi connectivity index (χ4n) is 3.50. The van der Waals surface area contributed by atoms with Crippen LogP contribution in [-0.4, -0.2) is 32.9 Å². The second-order valence-electron chi connectivity index (χ2n) is 6.56. The monoisotopic (exact) mass is 311 g/mol. The van der Waals surface area contributed by atoms with Crippen LogP contribution in [0.3, 0.4) is 0 Å². The van der Waals surface area contributed by atoms with E-state index in [-0.39, 0.29) is 0 Å². The van der Waals surface area contributed by atoms with E-state index in [0.29, 0.717) is 6.54 Å². The van der Waals surface area contributed by atoms with Crippen LogP contribution in [0.1, 0.15) is 28.8 Å². The van der Waals surface area contributed by atoms with Crippen molar-refractivity contribution in [1.29, 1.82) is 0 Å². The van der Waals surface area contributed by atoms with Gasteiger partial charge < -0.3 is 5.11 Å². The fraction of sp³-hybridized carbons (Fsp3) is 0.421. The van der Waals surface area contributed by atoms with E-state index in [0.717, 1.165) is 42.9 Å². The van der Waals surface area contributed by atoms with Gasteiger partial charge in [-0.25, -0.2) is 0 Å². The van der Waals surface area contributed by atoms with Gasteiger partial charge in [0.1, 0.15) is 5.60 Å². The van der Waals surface area contributed by atoms with E-state index < -0.39 is 5.60 Å². The second-order valence-corrected chi connectivity index (χ2v) is 6.56. The summed E-state index contributed by atoms with van der Waals surface area (Å²) in [5.74, 6) is 0. The van der Waals surface area contributed by atoms with Crippen molar-refractivity contribution in [2.24, 2.45) is 0 Å². The first-order chi connectivity index (χ1) is 11.0. The smallest absolute Gasteiger partial charge is 0.104 e. The van der Waals surface area contributed by atoms with Gasteiger partial charge >= 0.3 is 0 Å². The van der Waals surface area contributed by atoms with Crippen LogP contribution in [-0.2, 0) is 18.7 Å². The molecule has 1 aromatic heterocycles.